The maximum Gasteiger partial charge on any atom is 0.339 e. The summed E-state index contributed by atoms with van der Waals surface area (Å²) < 4.78 is 10.1. The Kier molecular flexibility index (Phi) is 7.51. The van der Waals surface area contributed by atoms with Crippen LogP contribution in [0.15, 0.2) is 24.3 Å². The van der Waals surface area contributed by atoms with Gasteiger partial charge in [0.05, 0.1) is 24.3 Å². The van der Waals surface area contributed by atoms with Gasteiger partial charge in [0.2, 0.25) is 0 Å². The predicted octanol–water partition coefficient (Wildman–Crippen LogP) is 3.99. The van der Waals surface area contributed by atoms with Gasteiger partial charge < -0.3 is 9.47 Å². The lowest BCUT2D eigenvalue weighted by Gasteiger charge is -2.14. The van der Waals surface area contributed by atoms with E-state index in [-0.39, 0.29) is 17.2 Å². The normalized spacial score (nSPS) is 11.8. The number of methoxy groups -OCH3 is 1. The van der Waals surface area contributed by atoms with Crippen LogP contribution in [0.3, 0.4) is 0 Å². The number of esters is 2. The van der Waals surface area contributed by atoms with Crippen molar-refractivity contribution in [1.29, 1.82) is 0 Å². The molecule has 1 aromatic carbocycles. The maximum atomic E-state index is 12.2. The van der Waals surface area contributed by atoms with Crippen molar-refractivity contribution >= 4 is 11.9 Å². The van der Waals surface area contributed by atoms with Crippen molar-refractivity contribution < 1.29 is 19.1 Å². The lowest BCUT2D eigenvalue weighted by molar-refractivity contribution is 0.0311. The zero-order chi connectivity index (χ0) is 15.7. The van der Waals surface area contributed by atoms with Crippen LogP contribution in [0.2, 0.25) is 0 Å². The van der Waals surface area contributed by atoms with E-state index in [0.717, 1.165) is 19.3 Å². The summed E-state index contributed by atoms with van der Waals surface area (Å²) in [5.41, 5.74) is 0.493. The molecule has 4 nitrogen and oxygen atoms in total. The molecule has 1 atom stereocenters. The zero-order valence-corrected chi connectivity index (χ0v) is 13.1. The van der Waals surface area contributed by atoms with Gasteiger partial charge in [-0.2, -0.15) is 0 Å². The van der Waals surface area contributed by atoms with Crippen molar-refractivity contribution in [3.63, 3.8) is 0 Å². The molecule has 0 heterocycles. The van der Waals surface area contributed by atoms with Crippen LogP contribution >= 0.6 is 0 Å². The van der Waals surface area contributed by atoms with Crippen molar-refractivity contribution in [2.75, 3.05) is 7.11 Å². The van der Waals surface area contributed by atoms with Crippen LogP contribution in [-0.4, -0.2) is 25.2 Å². The van der Waals surface area contributed by atoms with Crippen LogP contribution in [0.25, 0.3) is 0 Å². The molecule has 0 aliphatic heterocycles. The van der Waals surface area contributed by atoms with Crippen LogP contribution in [0.4, 0.5) is 0 Å². The standard InChI is InChI=1S/C17H24O4/c1-4-5-6-7-10-13(2)21-17(19)15-12-9-8-11-14(15)16(18)20-3/h8-9,11-13H,4-7,10H2,1-3H3/t13-/m0/s1. The summed E-state index contributed by atoms with van der Waals surface area (Å²) in [6.45, 7) is 4.04. The Bertz CT molecular complexity index is 468. The summed E-state index contributed by atoms with van der Waals surface area (Å²) in [5, 5.41) is 0. The van der Waals surface area contributed by atoms with E-state index in [0.29, 0.717) is 0 Å². The molecule has 0 aliphatic carbocycles. The summed E-state index contributed by atoms with van der Waals surface area (Å²) in [7, 11) is 1.29. The molecule has 0 fully saturated rings. The molecular formula is C17H24O4. The monoisotopic (exact) mass is 292 g/mol. The third-order valence-corrected chi connectivity index (χ3v) is 3.32. The second-order valence-corrected chi connectivity index (χ2v) is 5.10. The van der Waals surface area contributed by atoms with Crippen molar-refractivity contribution in [2.45, 2.75) is 52.1 Å². The largest absolute Gasteiger partial charge is 0.465 e. The van der Waals surface area contributed by atoms with Crippen LogP contribution in [0.5, 0.6) is 0 Å². The highest BCUT2D eigenvalue weighted by Crippen LogP contribution is 2.15. The van der Waals surface area contributed by atoms with Crippen molar-refractivity contribution in [1.82, 2.24) is 0 Å². The summed E-state index contributed by atoms with van der Waals surface area (Å²) in [4.78, 5) is 23.8. The Balaban J connectivity index is 2.61. The number of ether oxygens (including phenoxy) is 2. The van der Waals surface area contributed by atoms with Crippen molar-refractivity contribution in [3.05, 3.63) is 35.4 Å². The van der Waals surface area contributed by atoms with E-state index < -0.39 is 11.9 Å². The number of benzene rings is 1. The number of hydrogen-bond acceptors (Lipinski definition) is 4. The second-order valence-electron chi connectivity index (χ2n) is 5.10. The average molecular weight is 292 g/mol. The molecule has 0 saturated carbocycles. The van der Waals surface area contributed by atoms with Gasteiger partial charge in [-0.1, -0.05) is 38.3 Å². The van der Waals surface area contributed by atoms with E-state index in [1.165, 1.54) is 20.0 Å². The zero-order valence-electron chi connectivity index (χ0n) is 13.1. The number of rotatable bonds is 8. The molecule has 116 valence electrons. The molecular weight excluding hydrogens is 268 g/mol. The molecule has 0 N–H and O–H groups in total. The van der Waals surface area contributed by atoms with Gasteiger partial charge in [0.15, 0.2) is 0 Å². The Morgan fingerprint density at radius 3 is 2.24 bits per heavy atom. The van der Waals surface area contributed by atoms with Gasteiger partial charge in [0.1, 0.15) is 0 Å². The van der Waals surface area contributed by atoms with Crippen LogP contribution in [0.1, 0.15) is 66.7 Å². The first-order chi connectivity index (χ1) is 10.1. The lowest BCUT2D eigenvalue weighted by atomic mass is 10.1. The molecule has 0 bridgehead atoms. The van der Waals surface area contributed by atoms with Gasteiger partial charge in [-0.3, -0.25) is 0 Å². The van der Waals surface area contributed by atoms with E-state index in [9.17, 15) is 9.59 Å². The predicted molar refractivity (Wildman–Crippen MR) is 81.4 cm³/mol. The van der Waals surface area contributed by atoms with Crippen molar-refractivity contribution in [3.8, 4) is 0 Å². The van der Waals surface area contributed by atoms with Gasteiger partial charge in [-0.05, 0) is 31.9 Å². The highest BCUT2D eigenvalue weighted by Gasteiger charge is 2.19. The Hall–Kier alpha value is -1.84. The Labute approximate surface area is 126 Å². The Morgan fingerprint density at radius 1 is 1.05 bits per heavy atom. The maximum absolute atomic E-state index is 12.2. The lowest BCUT2D eigenvalue weighted by Crippen LogP contribution is -2.18. The number of hydrogen-bond donors (Lipinski definition) is 0. The second kappa shape index (κ2) is 9.16. The molecule has 0 saturated heterocycles. The van der Waals surface area contributed by atoms with Gasteiger partial charge in [0, 0.05) is 0 Å². The van der Waals surface area contributed by atoms with E-state index in [1.54, 1.807) is 24.3 Å². The fourth-order valence-electron chi connectivity index (χ4n) is 2.11. The van der Waals surface area contributed by atoms with Gasteiger partial charge >= 0.3 is 11.9 Å². The van der Waals surface area contributed by atoms with Gasteiger partial charge in [0.25, 0.3) is 0 Å². The molecule has 0 aromatic heterocycles. The first-order valence-corrected chi connectivity index (χ1v) is 7.48. The topological polar surface area (TPSA) is 52.6 Å². The van der Waals surface area contributed by atoms with Gasteiger partial charge in [-0.25, -0.2) is 9.59 Å². The third kappa shape index (κ3) is 5.58. The fraction of sp³-hybridized carbons (Fsp3) is 0.529. The fourth-order valence-corrected chi connectivity index (χ4v) is 2.11. The SMILES string of the molecule is CCCCCC[C@H](C)OC(=O)c1ccccc1C(=O)OC. The smallest absolute Gasteiger partial charge is 0.339 e. The number of unbranched alkanes of at least 4 members (excludes halogenated alkanes) is 3. The molecule has 1 rings (SSSR count). The molecule has 0 aliphatic rings. The molecule has 0 unspecified atom stereocenters. The van der Waals surface area contributed by atoms with E-state index in [1.807, 2.05) is 6.92 Å². The highest BCUT2D eigenvalue weighted by molar-refractivity contribution is 6.03. The summed E-state index contributed by atoms with van der Waals surface area (Å²) in [6, 6.07) is 6.54. The van der Waals surface area contributed by atoms with E-state index in [2.05, 4.69) is 11.7 Å². The highest BCUT2D eigenvalue weighted by atomic mass is 16.5. The van der Waals surface area contributed by atoms with Crippen molar-refractivity contribution in [2.24, 2.45) is 0 Å². The molecule has 21 heavy (non-hydrogen) atoms. The first kappa shape index (κ1) is 17.2. The minimum absolute atomic E-state index is 0.153. The molecule has 0 radical (unpaired) electrons. The summed E-state index contributed by atoms with van der Waals surface area (Å²) >= 11 is 0. The minimum Gasteiger partial charge on any atom is -0.465 e. The van der Waals surface area contributed by atoms with Crippen LogP contribution in [-0.2, 0) is 9.47 Å². The average Bonchev–Trinajstić information content (AvgIpc) is 2.50. The van der Waals surface area contributed by atoms with E-state index >= 15 is 0 Å². The van der Waals surface area contributed by atoms with Crippen LogP contribution in [0, 0.1) is 0 Å². The van der Waals surface area contributed by atoms with E-state index in [4.69, 9.17) is 4.74 Å². The summed E-state index contributed by atoms with van der Waals surface area (Å²) in [5.74, 6) is -1.00. The first-order valence-electron chi connectivity index (χ1n) is 7.48. The minimum atomic E-state index is -0.529. The van der Waals surface area contributed by atoms with Crippen LogP contribution < -0.4 is 0 Å². The van der Waals surface area contributed by atoms with Gasteiger partial charge in [-0.15, -0.1) is 0 Å². The molecule has 0 spiro atoms. The number of carbonyl (C=O) groups excluding carboxylic acids is 2. The quantitative estimate of drug-likeness (QED) is 0.537. The molecule has 4 heteroatoms. The summed E-state index contributed by atoms with van der Waals surface area (Å²) in [6.07, 6.45) is 5.26. The number of carbonyl (C=O) groups is 2. The molecule has 1 aromatic rings. The Morgan fingerprint density at radius 2 is 1.67 bits per heavy atom. The molecule has 0 amide bonds. The third-order valence-electron chi connectivity index (χ3n) is 3.32.